The third kappa shape index (κ3) is 2.43. The van der Waals surface area contributed by atoms with Gasteiger partial charge in [0, 0.05) is 17.2 Å². The molecule has 0 fully saturated rings. The van der Waals surface area contributed by atoms with Gasteiger partial charge in [0.15, 0.2) is 5.78 Å². The Labute approximate surface area is 118 Å². The van der Waals surface area contributed by atoms with Crippen LogP contribution in [0.15, 0.2) is 24.3 Å². The second kappa shape index (κ2) is 5.67. The molecule has 0 spiro atoms. The summed E-state index contributed by atoms with van der Waals surface area (Å²) in [6, 6.07) is 6.25. The van der Waals surface area contributed by atoms with Crippen molar-refractivity contribution in [1.29, 1.82) is 0 Å². The summed E-state index contributed by atoms with van der Waals surface area (Å²) in [5, 5.41) is 3.02. The highest BCUT2D eigenvalue weighted by Crippen LogP contribution is 2.27. The van der Waals surface area contributed by atoms with Gasteiger partial charge in [-0.1, -0.05) is 38.1 Å². The van der Waals surface area contributed by atoms with Crippen molar-refractivity contribution in [3.63, 3.8) is 0 Å². The molecular weight excluding hydrogens is 254 g/mol. The molecule has 0 radical (unpaired) electrons. The Morgan fingerprint density at radius 3 is 2.20 bits per heavy atom. The molecule has 2 unspecified atom stereocenters. The zero-order valence-corrected chi connectivity index (χ0v) is 12.0. The van der Waals surface area contributed by atoms with Gasteiger partial charge in [-0.3, -0.25) is 14.4 Å². The molecule has 0 aromatic heterocycles. The van der Waals surface area contributed by atoms with Crippen LogP contribution in [0.2, 0.25) is 0 Å². The van der Waals surface area contributed by atoms with Gasteiger partial charge < -0.3 is 5.32 Å². The number of carbonyl (C=O) groups is 3. The smallest absolute Gasteiger partial charge is 0.230 e. The van der Waals surface area contributed by atoms with Crippen molar-refractivity contribution in [2.24, 2.45) is 11.8 Å². The maximum Gasteiger partial charge on any atom is 0.230 e. The SMILES string of the molecule is CNC(CC(C)C)C1C(=O)C(=O)c2ccccc2C1=O. The van der Waals surface area contributed by atoms with Crippen molar-refractivity contribution in [2.75, 3.05) is 7.05 Å². The predicted octanol–water partition coefficient (Wildman–Crippen LogP) is 1.89. The summed E-state index contributed by atoms with van der Waals surface area (Å²) in [5.41, 5.74) is 0.601. The Hall–Kier alpha value is -1.81. The minimum absolute atomic E-state index is 0.234. The van der Waals surface area contributed by atoms with Crippen molar-refractivity contribution in [1.82, 2.24) is 5.32 Å². The van der Waals surface area contributed by atoms with Gasteiger partial charge in [0.05, 0.1) is 0 Å². The lowest BCUT2D eigenvalue weighted by Gasteiger charge is -2.29. The summed E-state index contributed by atoms with van der Waals surface area (Å²) < 4.78 is 0. The number of Topliss-reactive ketones (excluding diaryl/α,β-unsaturated/α-hetero) is 3. The molecule has 0 amide bonds. The van der Waals surface area contributed by atoms with Gasteiger partial charge in [0.2, 0.25) is 11.6 Å². The van der Waals surface area contributed by atoms with Gasteiger partial charge in [-0.25, -0.2) is 0 Å². The Morgan fingerprint density at radius 1 is 1.05 bits per heavy atom. The van der Waals surface area contributed by atoms with Crippen molar-refractivity contribution >= 4 is 17.3 Å². The first-order valence-corrected chi connectivity index (χ1v) is 6.86. The van der Waals surface area contributed by atoms with Crippen LogP contribution >= 0.6 is 0 Å². The Bertz CT molecular complexity index is 563. The molecule has 2 rings (SSSR count). The second-order valence-electron chi connectivity index (χ2n) is 5.61. The molecule has 0 bridgehead atoms. The van der Waals surface area contributed by atoms with E-state index in [1.807, 2.05) is 13.8 Å². The normalized spacial score (nSPS) is 20.2. The summed E-state index contributed by atoms with van der Waals surface area (Å²) in [6.07, 6.45) is 0.675. The number of ketones is 3. The molecule has 0 saturated carbocycles. The van der Waals surface area contributed by atoms with Crippen LogP contribution in [-0.4, -0.2) is 30.4 Å². The molecule has 4 nitrogen and oxygen atoms in total. The molecule has 20 heavy (non-hydrogen) atoms. The molecule has 1 N–H and O–H groups in total. The van der Waals surface area contributed by atoms with Crippen LogP contribution in [0.5, 0.6) is 0 Å². The molecule has 1 aromatic carbocycles. The van der Waals surface area contributed by atoms with Crippen LogP contribution in [0.25, 0.3) is 0 Å². The van der Waals surface area contributed by atoms with E-state index in [-0.39, 0.29) is 17.4 Å². The number of nitrogens with one attached hydrogen (secondary N) is 1. The zero-order chi connectivity index (χ0) is 14.9. The van der Waals surface area contributed by atoms with Crippen molar-refractivity contribution in [3.8, 4) is 0 Å². The molecule has 1 aliphatic rings. The lowest BCUT2D eigenvalue weighted by atomic mass is 9.75. The number of hydrogen-bond donors (Lipinski definition) is 1. The fraction of sp³-hybridized carbons (Fsp3) is 0.438. The molecular formula is C16H19NO3. The van der Waals surface area contributed by atoms with E-state index in [2.05, 4.69) is 5.32 Å². The summed E-state index contributed by atoms with van der Waals surface area (Å²) in [4.78, 5) is 37.0. The molecule has 1 aromatic rings. The van der Waals surface area contributed by atoms with E-state index in [0.717, 1.165) is 0 Å². The number of rotatable bonds is 4. The van der Waals surface area contributed by atoms with E-state index in [0.29, 0.717) is 17.9 Å². The second-order valence-corrected chi connectivity index (χ2v) is 5.61. The van der Waals surface area contributed by atoms with E-state index >= 15 is 0 Å². The monoisotopic (exact) mass is 273 g/mol. The van der Waals surface area contributed by atoms with E-state index in [1.54, 1.807) is 31.3 Å². The molecule has 106 valence electrons. The Morgan fingerprint density at radius 2 is 1.65 bits per heavy atom. The van der Waals surface area contributed by atoms with Crippen molar-refractivity contribution < 1.29 is 14.4 Å². The lowest BCUT2D eigenvalue weighted by Crippen LogP contribution is -2.49. The fourth-order valence-corrected chi connectivity index (χ4v) is 2.75. The van der Waals surface area contributed by atoms with E-state index in [9.17, 15) is 14.4 Å². The molecule has 0 saturated heterocycles. The minimum atomic E-state index is -0.898. The first-order chi connectivity index (χ1) is 9.47. The van der Waals surface area contributed by atoms with Crippen LogP contribution in [0, 0.1) is 11.8 Å². The van der Waals surface area contributed by atoms with Gasteiger partial charge >= 0.3 is 0 Å². The van der Waals surface area contributed by atoms with Gasteiger partial charge in [-0.2, -0.15) is 0 Å². The van der Waals surface area contributed by atoms with Crippen LogP contribution in [0.1, 0.15) is 41.0 Å². The Balaban J connectivity index is 2.43. The third-order valence-electron chi connectivity index (χ3n) is 3.72. The summed E-state index contributed by atoms with van der Waals surface area (Å²) in [6.45, 7) is 4.05. The highest BCUT2D eigenvalue weighted by atomic mass is 16.2. The summed E-state index contributed by atoms with van der Waals surface area (Å²) >= 11 is 0. The summed E-state index contributed by atoms with van der Waals surface area (Å²) in [5.74, 6) is -1.95. The van der Waals surface area contributed by atoms with Crippen LogP contribution in [-0.2, 0) is 4.79 Å². The van der Waals surface area contributed by atoms with Gasteiger partial charge in [0.25, 0.3) is 0 Å². The van der Waals surface area contributed by atoms with Gasteiger partial charge in [-0.05, 0) is 19.4 Å². The molecule has 0 heterocycles. The number of hydrogen-bond acceptors (Lipinski definition) is 4. The summed E-state index contributed by atoms with van der Waals surface area (Å²) in [7, 11) is 1.72. The minimum Gasteiger partial charge on any atom is -0.316 e. The highest BCUT2D eigenvalue weighted by molar-refractivity contribution is 6.52. The number of benzene rings is 1. The van der Waals surface area contributed by atoms with Gasteiger partial charge in [-0.15, -0.1) is 0 Å². The average molecular weight is 273 g/mol. The fourth-order valence-electron chi connectivity index (χ4n) is 2.75. The number of carbonyl (C=O) groups excluding carboxylic acids is 3. The topological polar surface area (TPSA) is 63.2 Å². The molecule has 4 heteroatoms. The maximum atomic E-state index is 12.5. The van der Waals surface area contributed by atoms with Gasteiger partial charge in [0.1, 0.15) is 5.92 Å². The predicted molar refractivity (Wildman–Crippen MR) is 75.9 cm³/mol. The first-order valence-electron chi connectivity index (χ1n) is 6.86. The molecule has 0 aliphatic heterocycles. The zero-order valence-electron chi connectivity index (χ0n) is 12.0. The van der Waals surface area contributed by atoms with E-state index in [4.69, 9.17) is 0 Å². The van der Waals surface area contributed by atoms with Crippen LogP contribution < -0.4 is 5.32 Å². The lowest BCUT2D eigenvalue weighted by molar-refractivity contribution is -0.118. The van der Waals surface area contributed by atoms with Crippen molar-refractivity contribution in [3.05, 3.63) is 35.4 Å². The van der Waals surface area contributed by atoms with Crippen LogP contribution in [0.4, 0.5) is 0 Å². The first kappa shape index (κ1) is 14.6. The standard InChI is InChI=1S/C16H19NO3/c1-9(2)8-12(17-3)13-14(18)10-6-4-5-7-11(10)15(19)16(13)20/h4-7,9,12-13,17H,8H2,1-3H3. The number of fused-ring (bicyclic) bond motifs is 1. The maximum absolute atomic E-state index is 12.5. The van der Waals surface area contributed by atoms with Crippen molar-refractivity contribution in [2.45, 2.75) is 26.3 Å². The molecule has 2 atom stereocenters. The Kier molecular flexibility index (Phi) is 4.14. The van der Waals surface area contributed by atoms with E-state index in [1.165, 1.54) is 0 Å². The quantitative estimate of drug-likeness (QED) is 0.672. The average Bonchev–Trinajstić information content (AvgIpc) is 2.43. The highest BCUT2D eigenvalue weighted by Gasteiger charge is 2.43. The largest absolute Gasteiger partial charge is 0.316 e. The third-order valence-corrected chi connectivity index (χ3v) is 3.72. The van der Waals surface area contributed by atoms with Crippen LogP contribution in [0.3, 0.4) is 0 Å². The molecule has 1 aliphatic carbocycles. The van der Waals surface area contributed by atoms with E-state index < -0.39 is 17.5 Å².